The number of benzene rings is 1. The number of aromatic amines is 1. The van der Waals surface area contributed by atoms with E-state index < -0.39 is 0 Å². The first-order chi connectivity index (χ1) is 11.8. The summed E-state index contributed by atoms with van der Waals surface area (Å²) in [6.07, 6.45) is 5.08. The summed E-state index contributed by atoms with van der Waals surface area (Å²) in [5.41, 5.74) is 1.39. The fraction of sp³-hybridized carbons (Fsp3) is 0.556. The van der Waals surface area contributed by atoms with E-state index >= 15 is 0 Å². The highest BCUT2D eigenvalue weighted by atomic mass is 32.1. The molecule has 4 rings (SSSR count). The lowest BCUT2D eigenvalue weighted by Crippen LogP contribution is -2.47. The highest BCUT2D eigenvalue weighted by molar-refractivity contribution is 7.71. The Labute approximate surface area is 148 Å². The minimum absolute atomic E-state index is 0.536. The van der Waals surface area contributed by atoms with Crippen LogP contribution in [-0.4, -0.2) is 45.8 Å². The van der Waals surface area contributed by atoms with Crippen LogP contribution in [0.25, 0.3) is 0 Å². The van der Waals surface area contributed by atoms with E-state index in [1.165, 1.54) is 31.2 Å². The maximum Gasteiger partial charge on any atom is 0.226 e. The average molecular weight is 344 g/mol. The van der Waals surface area contributed by atoms with Crippen LogP contribution in [0.15, 0.2) is 30.3 Å². The van der Waals surface area contributed by atoms with Gasteiger partial charge in [0.05, 0.1) is 0 Å². The SMILES string of the molecule is S=c1[nH]nc(N2CCN(Cc3ccccc3)CC2)n1C1CCCC1. The van der Waals surface area contributed by atoms with Gasteiger partial charge in [0.2, 0.25) is 5.95 Å². The number of aromatic nitrogens is 3. The number of nitrogens with one attached hydrogen (secondary N) is 1. The van der Waals surface area contributed by atoms with Gasteiger partial charge in [-0.1, -0.05) is 43.2 Å². The molecule has 0 atom stereocenters. The number of anilines is 1. The molecule has 1 saturated carbocycles. The monoisotopic (exact) mass is 343 g/mol. The van der Waals surface area contributed by atoms with E-state index in [0.29, 0.717) is 6.04 Å². The van der Waals surface area contributed by atoms with Crippen LogP contribution in [0.1, 0.15) is 37.3 Å². The first kappa shape index (κ1) is 15.8. The van der Waals surface area contributed by atoms with Crippen molar-refractivity contribution in [3.63, 3.8) is 0 Å². The third-order valence-electron chi connectivity index (χ3n) is 5.28. The number of H-pyrrole nitrogens is 1. The van der Waals surface area contributed by atoms with Gasteiger partial charge in [-0.3, -0.25) is 9.47 Å². The zero-order chi connectivity index (χ0) is 16.4. The highest BCUT2D eigenvalue weighted by Gasteiger charge is 2.26. The van der Waals surface area contributed by atoms with Crippen molar-refractivity contribution in [3.8, 4) is 0 Å². The zero-order valence-corrected chi connectivity index (χ0v) is 14.8. The number of hydrogen-bond acceptors (Lipinski definition) is 4. The molecule has 0 bridgehead atoms. The zero-order valence-electron chi connectivity index (χ0n) is 14.0. The predicted octanol–water partition coefficient (Wildman–Crippen LogP) is 3.38. The molecule has 6 heteroatoms. The van der Waals surface area contributed by atoms with Crippen LogP contribution in [0.3, 0.4) is 0 Å². The van der Waals surface area contributed by atoms with Gasteiger partial charge in [0, 0.05) is 38.8 Å². The van der Waals surface area contributed by atoms with Crippen molar-refractivity contribution < 1.29 is 0 Å². The van der Waals surface area contributed by atoms with Crippen molar-refractivity contribution in [3.05, 3.63) is 40.7 Å². The molecule has 128 valence electrons. The van der Waals surface area contributed by atoms with Gasteiger partial charge in [-0.15, -0.1) is 5.10 Å². The Morgan fingerprint density at radius 2 is 1.75 bits per heavy atom. The molecule has 2 fully saturated rings. The standard InChI is InChI=1S/C18H25N5S/c24-18-20-19-17(23(18)16-8-4-5-9-16)22-12-10-21(11-13-22)14-15-6-2-1-3-7-15/h1-3,6-7,16H,4-5,8-14H2,(H,20,24). The average Bonchev–Trinajstić information content (AvgIpc) is 3.26. The molecule has 0 amide bonds. The van der Waals surface area contributed by atoms with Crippen LogP contribution >= 0.6 is 12.2 Å². The Bertz CT molecular complexity index is 709. The molecule has 2 aromatic rings. The van der Waals surface area contributed by atoms with Gasteiger partial charge < -0.3 is 4.90 Å². The fourth-order valence-corrected chi connectivity index (χ4v) is 4.24. The topological polar surface area (TPSA) is 40.1 Å². The van der Waals surface area contributed by atoms with Crippen LogP contribution in [0.4, 0.5) is 5.95 Å². The normalized spacial score (nSPS) is 19.9. The quantitative estimate of drug-likeness (QED) is 0.864. The van der Waals surface area contributed by atoms with E-state index in [4.69, 9.17) is 12.2 Å². The minimum atomic E-state index is 0.536. The van der Waals surface area contributed by atoms with Crippen molar-refractivity contribution in [2.24, 2.45) is 0 Å². The lowest BCUT2D eigenvalue weighted by molar-refractivity contribution is 0.247. The van der Waals surface area contributed by atoms with Crippen molar-refractivity contribution in [2.45, 2.75) is 38.3 Å². The molecule has 1 aliphatic carbocycles. The molecule has 2 aliphatic rings. The van der Waals surface area contributed by atoms with Crippen LogP contribution < -0.4 is 4.90 Å². The third-order valence-corrected chi connectivity index (χ3v) is 5.57. The third kappa shape index (κ3) is 3.26. The van der Waals surface area contributed by atoms with Gasteiger partial charge >= 0.3 is 0 Å². The molecule has 24 heavy (non-hydrogen) atoms. The van der Waals surface area contributed by atoms with Crippen molar-refractivity contribution in [1.82, 2.24) is 19.7 Å². The Morgan fingerprint density at radius 3 is 2.46 bits per heavy atom. The van der Waals surface area contributed by atoms with Gasteiger partial charge in [0.15, 0.2) is 4.77 Å². The van der Waals surface area contributed by atoms with Gasteiger partial charge in [-0.05, 0) is 30.6 Å². The van der Waals surface area contributed by atoms with Crippen molar-refractivity contribution in [2.75, 3.05) is 31.1 Å². The predicted molar refractivity (Wildman–Crippen MR) is 98.8 cm³/mol. The lowest BCUT2D eigenvalue weighted by atomic mass is 10.2. The summed E-state index contributed by atoms with van der Waals surface area (Å²) in [6, 6.07) is 11.3. The molecule has 1 aliphatic heterocycles. The summed E-state index contributed by atoms with van der Waals surface area (Å²) >= 11 is 5.50. The second kappa shape index (κ2) is 7.07. The van der Waals surface area contributed by atoms with E-state index in [1.54, 1.807) is 0 Å². The molecule has 1 N–H and O–H groups in total. The van der Waals surface area contributed by atoms with Crippen molar-refractivity contribution >= 4 is 18.2 Å². The van der Waals surface area contributed by atoms with E-state index in [2.05, 4.69) is 54.9 Å². The van der Waals surface area contributed by atoms with Gasteiger partial charge in [0.25, 0.3) is 0 Å². The first-order valence-corrected chi connectivity index (χ1v) is 9.40. The van der Waals surface area contributed by atoms with Crippen LogP contribution in [0.2, 0.25) is 0 Å². The molecule has 1 aromatic heterocycles. The Morgan fingerprint density at radius 1 is 1.04 bits per heavy atom. The van der Waals surface area contributed by atoms with Gasteiger partial charge in [-0.25, -0.2) is 5.10 Å². The molecule has 1 aromatic carbocycles. The summed E-state index contributed by atoms with van der Waals surface area (Å²) in [7, 11) is 0. The molecular weight excluding hydrogens is 318 g/mol. The van der Waals surface area contributed by atoms with Crippen LogP contribution in [-0.2, 0) is 6.54 Å². The second-order valence-electron chi connectivity index (χ2n) is 6.89. The van der Waals surface area contributed by atoms with Gasteiger partial charge in [-0.2, -0.15) is 0 Å². The van der Waals surface area contributed by atoms with E-state index in [0.717, 1.165) is 43.4 Å². The Balaban J connectivity index is 1.42. The maximum absolute atomic E-state index is 5.50. The van der Waals surface area contributed by atoms with E-state index in [1.807, 2.05) is 0 Å². The molecule has 2 heterocycles. The number of piperazine rings is 1. The van der Waals surface area contributed by atoms with Crippen LogP contribution in [0.5, 0.6) is 0 Å². The molecule has 1 saturated heterocycles. The number of nitrogens with zero attached hydrogens (tertiary/aromatic N) is 4. The first-order valence-electron chi connectivity index (χ1n) is 8.99. The summed E-state index contributed by atoms with van der Waals surface area (Å²) in [5, 5.41) is 7.57. The number of rotatable bonds is 4. The van der Waals surface area contributed by atoms with E-state index in [-0.39, 0.29) is 0 Å². The smallest absolute Gasteiger partial charge is 0.226 e. The second-order valence-corrected chi connectivity index (χ2v) is 7.27. The molecular formula is C18H25N5S. The summed E-state index contributed by atoms with van der Waals surface area (Å²) < 4.78 is 3.05. The largest absolute Gasteiger partial charge is 0.338 e. The maximum atomic E-state index is 5.50. The Kier molecular flexibility index (Phi) is 4.67. The molecule has 0 spiro atoms. The van der Waals surface area contributed by atoms with Gasteiger partial charge in [0.1, 0.15) is 0 Å². The summed E-state index contributed by atoms with van der Waals surface area (Å²) in [5.74, 6) is 1.05. The molecule has 5 nitrogen and oxygen atoms in total. The lowest BCUT2D eigenvalue weighted by Gasteiger charge is -2.35. The van der Waals surface area contributed by atoms with Crippen LogP contribution in [0, 0.1) is 4.77 Å². The molecule has 0 radical (unpaired) electrons. The Hall–Kier alpha value is -1.66. The number of hydrogen-bond donors (Lipinski definition) is 1. The fourth-order valence-electron chi connectivity index (χ4n) is 3.96. The minimum Gasteiger partial charge on any atom is -0.338 e. The molecule has 0 unspecified atom stereocenters. The van der Waals surface area contributed by atoms with Crippen molar-refractivity contribution in [1.29, 1.82) is 0 Å². The summed E-state index contributed by atoms with van der Waals surface area (Å²) in [4.78, 5) is 4.92. The van der Waals surface area contributed by atoms with E-state index in [9.17, 15) is 0 Å². The highest BCUT2D eigenvalue weighted by Crippen LogP contribution is 2.32. The summed E-state index contributed by atoms with van der Waals surface area (Å²) in [6.45, 7) is 5.20.